The minimum atomic E-state index is 0.750. The summed E-state index contributed by atoms with van der Waals surface area (Å²) in [6.45, 7) is 2.95. The molecule has 1 radical (unpaired) electrons. The van der Waals surface area contributed by atoms with E-state index in [0.717, 1.165) is 25.2 Å². The van der Waals surface area contributed by atoms with Crippen molar-refractivity contribution >= 4 is 10.8 Å². The van der Waals surface area contributed by atoms with Crippen LogP contribution in [0.25, 0.3) is 33.0 Å². The molecule has 0 amide bonds. The second kappa shape index (κ2) is 7.16. The van der Waals surface area contributed by atoms with Crippen LogP contribution in [0.2, 0.25) is 0 Å². The van der Waals surface area contributed by atoms with Gasteiger partial charge in [0.05, 0.1) is 6.61 Å². The molecule has 1 aliphatic rings. The van der Waals surface area contributed by atoms with Crippen LogP contribution in [0.15, 0.2) is 78.9 Å². The largest absolute Gasteiger partial charge is 0.493 e. The molecule has 0 fully saturated rings. The summed E-state index contributed by atoms with van der Waals surface area (Å²) in [5.41, 5.74) is 7.60. The summed E-state index contributed by atoms with van der Waals surface area (Å²) in [6, 6.07) is 28.2. The van der Waals surface area contributed by atoms with Crippen molar-refractivity contribution in [2.75, 3.05) is 6.61 Å². The van der Waals surface area contributed by atoms with Crippen LogP contribution in [0.4, 0.5) is 0 Å². The molecule has 1 nitrogen and oxygen atoms in total. The first-order valence-electron chi connectivity index (χ1n) is 10.1. The van der Waals surface area contributed by atoms with Crippen LogP contribution < -0.4 is 4.74 Å². The number of rotatable bonds is 5. The van der Waals surface area contributed by atoms with Crippen molar-refractivity contribution in [2.45, 2.75) is 19.8 Å². The molecule has 0 aliphatic heterocycles. The second-order valence-electron chi connectivity index (χ2n) is 7.36. The van der Waals surface area contributed by atoms with Crippen LogP contribution in [-0.4, -0.2) is 6.61 Å². The summed E-state index contributed by atoms with van der Waals surface area (Å²) >= 11 is 0. The first kappa shape index (κ1) is 17.1. The molecule has 5 rings (SSSR count). The molecule has 0 atom stereocenters. The minimum Gasteiger partial charge on any atom is -0.493 e. The van der Waals surface area contributed by atoms with Crippen LogP contribution >= 0.6 is 0 Å². The Morgan fingerprint density at radius 1 is 0.714 bits per heavy atom. The van der Waals surface area contributed by atoms with Crippen molar-refractivity contribution in [1.29, 1.82) is 0 Å². The predicted octanol–water partition coefficient (Wildman–Crippen LogP) is 7.27. The molecule has 4 aromatic carbocycles. The van der Waals surface area contributed by atoms with Gasteiger partial charge in [-0.25, -0.2) is 0 Å². The standard InChI is InChI=1S/C27H23O/c1-2-3-17-28-26-16-15-23-22-13-7-5-10-20(22)18-25(23)27(26)24-14-8-11-19-9-4-6-12-21(19)24/h4-16,18H,2-3,17H2,1H3. The number of hydrogen-bond donors (Lipinski definition) is 0. The van der Waals surface area contributed by atoms with E-state index in [1.54, 1.807) is 0 Å². The average molecular weight is 363 g/mol. The van der Waals surface area contributed by atoms with Gasteiger partial charge in [0, 0.05) is 12.0 Å². The minimum absolute atomic E-state index is 0.750. The molecular weight excluding hydrogens is 340 g/mol. The van der Waals surface area contributed by atoms with Gasteiger partial charge in [-0.3, -0.25) is 0 Å². The molecule has 137 valence electrons. The van der Waals surface area contributed by atoms with Crippen LogP contribution in [-0.2, 0) is 0 Å². The van der Waals surface area contributed by atoms with E-state index in [4.69, 9.17) is 4.74 Å². The SMILES string of the molecule is CCCCOc1ccc2c(c1-c1cccc3ccccc13)[CH]c1ccccc1-2. The van der Waals surface area contributed by atoms with Gasteiger partial charge in [0.25, 0.3) is 0 Å². The summed E-state index contributed by atoms with van der Waals surface area (Å²) in [6.07, 6.45) is 4.51. The van der Waals surface area contributed by atoms with Gasteiger partial charge in [-0.2, -0.15) is 0 Å². The maximum Gasteiger partial charge on any atom is 0.127 e. The zero-order valence-corrected chi connectivity index (χ0v) is 16.1. The Hall–Kier alpha value is -3.06. The molecule has 0 unspecified atom stereocenters. The number of ether oxygens (including phenoxy) is 1. The molecule has 0 bridgehead atoms. The molecular formula is C27H23O. The molecule has 0 N–H and O–H groups in total. The Kier molecular flexibility index (Phi) is 4.37. The van der Waals surface area contributed by atoms with Crippen molar-refractivity contribution in [1.82, 2.24) is 0 Å². The van der Waals surface area contributed by atoms with E-state index < -0.39 is 0 Å². The highest BCUT2D eigenvalue weighted by Gasteiger charge is 2.25. The fraction of sp³-hybridized carbons (Fsp3) is 0.148. The van der Waals surface area contributed by atoms with Crippen LogP contribution in [0.5, 0.6) is 5.75 Å². The van der Waals surface area contributed by atoms with Crippen molar-refractivity contribution in [3.63, 3.8) is 0 Å². The first-order valence-corrected chi connectivity index (χ1v) is 10.1. The number of unbranched alkanes of at least 4 members (excludes halogenated alkanes) is 1. The number of fused-ring (bicyclic) bond motifs is 4. The Morgan fingerprint density at radius 3 is 2.43 bits per heavy atom. The van der Waals surface area contributed by atoms with E-state index >= 15 is 0 Å². The van der Waals surface area contributed by atoms with Crippen LogP contribution in [0, 0.1) is 6.42 Å². The smallest absolute Gasteiger partial charge is 0.127 e. The molecule has 0 spiro atoms. The monoisotopic (exact) mass is 363 g/mol. The summed E-state index contributed by atoms with van der Waals surface area (Å²) in [7, 11) is 0. The molecule has 1 heteroatoms. The quantitative estimate of drug-likeness (QED) is 0.298. The highest BCUT2D eigenvalue weighted by atomic mass is 16.5. The lowest BCUT2D eigenvalue weighted by Gasteiger charge is -2.17. The zero-order valence-electron chi connectivity index (χ0n) is 16.1. The maximum absolute atomic E-state index is 6.28. The Morgan fingerprint density at radius 2 is 1.50 bits per heavy atom. The third-order valence-electron chi connectivity index (χ3n) is 5.57. The van der Waals surface area contributed by atoms with E-state index in [1.165, 1.54) is 44.2 Å². The average Bonchev–Trinajstić information content (AvgIpc) is 3.12. The van der Waals surface area contributed by atoms with Gasteiger partial charge in [0.15, 0.2) is 0 Å². The third kappa shape index (κ3) is 2.79. The van der Waals surface area contributed by atoms with Gasteiger partial charge in [-0.1, -0.05) is 86.1 Å². The first-order chi connectivity index (χ1) is 13.9. The molecule has 0 saturated carbocycles. The van der Waals surface area contributed by atoms with E-state index in [1.807, 2.05) is 0 Å². The third-order valence-corrected chi connectivity index (χ3v) is 5.57. The lowest BCUT2D eigenvalue weighted by atomic mass is 9.91. The van der Waals surface area contributed by atoms with Crippen molar-refractivity contribution < 1.29 is 4.74 Å². The normalized spacial score (nSPS) is 12.0. The zero-order chi connectivity index (χ0) is 18.9. The highest BCUT2D eigenvalue weighted by molar-refractivity contribution is 6.02. The Bertz CT molecular complexity index is 1150. The molecule has 0 saturated heterocycles. The summed E-state index contributed by atoms with van der Waals surface area (Å²) in [5, 5.41) is 2.52. The Balaban J connectivity index is 1.75. The molecule has 1 aliphatic carbocycles. The molecule has 0 aromatic heterocycles. The van der Waals surface area contributed by atoms with E-state index in [2.05, 4.69) is 92.2 Å². The summed E-state index contributed by atoms with van der Waals surface area (Å²) in [4.78, 5) is 0. The van der Waals surface area contributed by atoms with Gasteiger partial charge in [0.2, 0.25) is 0 Å². The molecule has 28 heavy (non-hydrogen) atoms. The fourth-order valence-electron chi connectivity index (χ4n) is 4.18. The van der Waals surface area contributed by atoms with E-state index in [9.17, 15) is 0 Å². The van der Waals surface area contributed by atoms with Gasteiger partial charge in [-0.15, -0.1) is 0 Å². The predicted molar refractivity (Wildman–Crippen MR) is 118 cm³/mol. The topological polar surface area (TPSA) is 9.23 Å². The molecule has 0 heterocycles. The fourth-order valence-corrected chi connectivity index (χ4v) is 4.18. The maximum atomic E-state index is 6.28. The van der Waals surface area contributed by atoms with Crippen molar-refractivity contribution in [2.24, 2.45) is 0 Å². The van der Waals surface area contributed by atoms with Crippen molar-refractivity contribution in [3.05, 3.63) is 96.4 Å². The number of hydrogen-bond acceptors (Lipinski definition) is 1. The lowest BCUT2D eigenvalue weighted by molar-refractivity contribution is 0.310. The van der Waals surface area contributed by atoms with Crippen LogP contribution in [0.1, 0.15) is 30.9 Å². The van der Waals surface area contributed by atoms with E-state index in [-0.39, 0.29) is 0 Å². The van der Waals surface area contributed by atoms with Crippen LogP contribution in [0.3, 0.4) is 0 Å². The van der Waals surface area contributed by atoms with Crippen molar-refractivity contribution in [3.8, 4) is 28.0 Å². The molecule has 4 aromatic rings. The van der Waals surface area contributed by atoms with E-state index in [0.29, 0.717) is 0 Å². The second-order valence-corrected chi connectivity index (χ2v) is 7.36. The summed E-state index contributed by atoms with van der Waals surface area (Å²) < 4.78 is 6.28. The highest BCUT2D eigenvalue weighted by Crippen LogP contribution is 2.48. The lowest BCUT2D eigenvalue weighted by Crippen LogP contribution is -2.00. The summed E-state index contributed by atoms with van der Waals surface area (Å²) in [5.74, 6) is 0.979. The van der Waals surface area contributed by atoms with Gasteiger partial charge in [-0.05, 0) is 51.1 Å². The van der Waals surface area contributed by atoms with Gasteiger partial charge in [0.1, 0.15) is 5.75 Å². The number of benzene rings is 4. The Labute approximate surface area is 166 Å². The van der Waals surface area contributed by atoms with Gasteiger partial charge >= 0.3 is 0 Å². The van der Waals surface area contributed by atoms with Gasteiger partial charge < -0.3 is 4.74 Å².